The minimum absolute atomic E-state index is 0.00440. The molecular weight excluding hydrogens is 445 g/mol. The second-order valence-corrected chi connectivity index (χ2v) is 8.04. The molecule has 0 radical (unpaired) electrons. The highest BCUT2D eigenvalue weighted by Crippen LogP contribution is 2.45. The average Bonchev–Trinajstić information content (AvgIpc) is 3.02. The first kappa shape index (κ1) is 21.1. The molecule has 1 aromatic heterocycles. The maximum atomic E-state index is 14.6. The number of carbonyl (C=O) groups is 1. The van der Waals surface area contributed by atoms with Gasteiger partial charge in [0.15, 0.2) is 11.6 Å². The zero-order valence-corrected chi connectivity index (χ0v) is 17.0. The molecule has 0 amide bonds. The van der Waals surface area contributed by atoms with Crippen LogP contribution in [0.1, 0.15) is 10.4 Å². The lowest BCUT2D eigenvalue weighted by Crippen LogP contribution is -2.18. The molecule has 0 aliphatic carbocycles. The van der Waals surface area contributed by atoms with Crippen LogP contribution >= 0.6 is 22.9 Å². The van der Waals surface area contributed by atoms with Gasteiger partial charge in [-0.15, -0.1) is 11.3 Å². The molecule has 2 aromatic carbocycles. The first-order chi connectivity index (χ1) is 13.7. The Balaban J connectivity index is 2.10. The summed E-state index contributed by atoms with van der Waals surface area (Å²) in [5.74, 6) is -2.62. The molecule has 11 heteroatoms. The van der Waals surface area contributed by atoms with E-state index in [1.807, 2.05) is 0 Å². The van der Waals surface area contributed by atoms with Gasteiger partial charge in [-0.05, 0) is 24.3 Å². The lowest BCUT2D eigenvalue weighted by Gasteiger charge is -2.25. The number of nitrogens with zero attached hydrogens (tertiary/aromatic N) is 1. The quantitative estimate of drug-likeness (QED) is 0.526. The number of phenols is 1. The van der Waals surface area contributed by atoms with Crippen LogP contribution in [0.25, 0.3) is 11.1 Å². The first-order valence-electron chi connectivity index (χ1n) is 7.82. The number of ether oxygens (including phenoxy) is 1. The molecule has 1 unspecified atom stereocenters. The third-order valence-electron chi connectivity index (χ3n) is 3.94. The zero-order chi connectivity index (χ0) is 21.3. The fourth-order valence-electron chi connectivity index (χ4n) is 2.63. The molecule has 152 valence electrons. The SMILES string of the molecule is COc1cccc(-c2cc(N(c3ccc(C(=O)O)c(O)c3)S(=O)[O-])sc2Cl)c1F. The van der Waals surface area contributed by atoms with Crippen molar-refractivity contribution in [2.75, 3.05) is 11.4 Å². The summed E-state index contributed by atoms with van der Waals surface area (Å²) >= 11 is 4.27. The minimum Gasteiger partial charge on any atom is -0.755 e. The summed E-state index contributed by atoms with van der Waals surface area (Å²) in [6.45, 7) is 0. The lowest BCUT2D eigenvalue weighted by molar-refractivity contribution is 0.0693. The Bertz CT molecular complexity index is 1120. The molecule has 1 atom stereocenters. The number of benzene rings is 2. The standard InChI is InChI=1S/C18H13ClFNO6S2/c1-27-14-4-2-3-10(16(14)20)12-8-15(28-17(12)19)21(29(25)26)9-5-6-11(18(23)24)13(22)7-9/h2-8,22H,1H3,(H,23,24)(H,25,26)/p-1. The summed E-state index contributed by atoms with van der Waals surface area (Å²) < 4.78 is 44.2. The van der Waals surface area contributed by atoms with E-state index in [9.17, 15) is 23.1 Å². The predicted molar refractivity (Wildman–Crippen MR) is 107 cm³/mol. The lowest BCUT2D eigenvalue weighted by atomic mass is 10.1. The summed E-state index contributed by atoms with van der Waals surface area (Å²) in [6, 6.07) is 9.15. The molecule has 0 bridgehead atoms. The monoisotopic (exact) mass is 456 g/mol. The van der Waals surface area contributed by atoms with E-state index in [4.69, 9.17) is 21.4 Å². The van der Waals surface area contributed by atoms with Crippen LogP contribution in [0.2, 0.25) is 4.34 Å². The number of halogens is 2. The smallest absolute Gasteiger partial charge is 0.339 e. The van der Waals surface area contributed by atoms with E-state index in [1.54, 1.807) is 6.07 Å². The number of aromatic hydroxyl groups is 1. The van der Waals surface area contributed by atoms with Crippen molar-refractivity contribution in [2.45, 2.75) is 0 Å². The molecule has 3 aromatic rings. The van der Waals surface area contributed by atoms with Crippen molar-refractivity contribution < 1.29 is 32.9 Å². The molecule has 0 aliphatic heterocycles. The molecule has 2 N–H and O–H groups in total. The number of carboxylic acids is 1. The summed E-state index contributed by atoms with van der Waals surface area (Å²) in [7, 11) is 1.32. The van der Waals surface area contributed by atoms with Crippen LogP contribution in [0.3, 0.4) is 0 Å². The van der Waals surface area contributed by atoms with Gasteiger partial charge in [-0.2, -0.15) is 0 Å². The van der Waals surface area contributed by atoms with E-state index in [0.29, 0.717) is 0 Å². The van der Waals surface area contributed by atoms with Gasteiger partial charge < -0.3 is 19.5 Å². The summed E-state index contributed by atoms with van der Waals surface area (Å²) in [4.78, 5) is 11.0. The third kappa shape index (κ3) is 4.06. The van der Waals surface area contributed by atoms with Crippen molar-refractivity contribution in [1.29, 1.82) is 0 Å². The van der Waals surface area contributed by atoms with Gasteiger partial charge >= 0.3 is 5.97 Å². The van der Waals surface area contributed by atoms with Gasteiger partial charge in [0.1, 0.15) is 20.7 Å². The van der Waals surface area contributed by atoms with Crippen molar-refractivity contribution in [3.63, 3.8) is 0 Å². The molecule has 0 saturated heterocycles. The maximum Gasteiger partial charge on any atom is 0.339 e. The fraction of sp³-hybridized carbons (Fsp3) is 0.0556. The number of methoxy groups -OCH3 is 1. The molecule has 0 fully saturated rings. The van der Waals surface area contributed by atoms with Crippen LogP contribution in [0, 0.1) is 5.82 Å². The van der Waals surface area contributed by atoms with Crippen molar-refractivity contribution in [3.05, 3.63) is 58.2 Å². The number of anilines is 2. The van der Waals surface area contributed by atoms with Crippen molar-refractivity contribution in [1.82, 2.24) is 0 Å². The molecule has 0 spiro atoms. The average molecular weight is 457 g/mol. The van der Waals surface area contributed by atoms with Gasteiger partial charge in [0.05, 0.1) is 24.1 Å². The van der Waals surface area contributed by atoms with Gasteiger partial charge in [0, 0.05) is 17.2 Å². The maximum absolute atomic E-state index is 14.6. The van der Waals surface area contributed by atoms with Crippen LogP contribution in [0.15, 0.2) is 42.5 Å². The Morgan fingerprint density at radius 1 is 1.28 bits per heavy atom. The predicted octanol–water partition coefficient (Wildman–Crippen LogP) is 4.55. The molecule has 3 rings (SSSR count). The van der Waals surface area contributed by atoms with Gasteiger partial charge in [-0.3, -0.25) is 8.51 Å². The second kappa shape index (κ2) is 8.37. The number of thiophene rings is 1. The first-order valence-corrected chi connectivity index (χ1v) is 10.0. The molecule has 0 aliphatic rings. The summed E-state index contributed by atoms with van der Waals surface area (Å²) in [5, 5.41) is 19.0. The molecule has 0 saturated carbocycles. The highest BCUT2D eigenvalue weighted by atomic mass is 35.5. The van der Waals surface area contributed by atoms with Crippen molar-refractivity contribution in [3.8, 4) is 22.6 Å². The zero-order valence-electron chi connectivity index (χ0n) is 14.6. The molecular formula is C18H12ClFNO6S2-. The Morgan fingerprint density at radius 3 is 2.59 bits per heavy atom. The van der Waals surface area contributed by atoms with Crippen molar-refractivity contribution >= 4 is 50.9 Å². The number of rotatable bonds is 6. The Kier molecular flexibility index (Phi) is 6.08. The van der Waals surface area contributed by atoms with E-state index in [1.165, 1.54) is 31.4 Å². The second-order valence-electron chi connectivity index (χ2n) is 5.61. The van der Waals surface area contributed by atoms with Gasteiger partial charge in [0.25, 0.3) is 0 Å². The largest absolute Gasteiger partial charge is 0.755 e. The number of hydrogen-bond acceptors (Lipinski definition) is 6. The van der Waals surface area contributed by atoms with Crippen LogP contribution < -0.4 is 9.04 Å². The van der Waals surface area contributed by atoms with E-state index in [2.05, 4.69) is 0 Å². The normalized spacial score (nSPS) is 11.9. The van der Waals surface area contributed by atoms with Gasteiger partial charge in [0.2, 0.25) is 0 Å². The number of aromatic carboxylic acids is 1. The molecule has 7 nitrogen and oxygen atoms in total. The Morgan fingerprint density at radius 2 is 2.00 bits per heavy atom. The minimum atomic E-state index is -2.84. The third-order valence-corrected chi connectivity index (χ3v) is 6.11. The number of hydrogen-bond donors (Lipinski definition) is 2. The van der Waals surface area contributed by atoms with E-state index >= 15 is 0 Å². The summed E-state index contributed by atoms with van der Waals surface area (Å²) in [6.07, 6.45) is 0. The Hall–Kier alpha value is -2.66. The van der Waals surface area contributed by atoms with E-state index in [0.717, 1.165) is 27.8 Å². The van der Waals surface area contributed by atoms with E-state index in [-0.39, 0.29) is 37.5 Å². The Labute approximate surface area is 176 Å². The fourth-order valence-corrected chi connectivity index (χ4v) is 4.63. The van der Waals surface area contributed by atoms with Gasteiger partial charge in [-0.25, -0.2) is 9.18 Å². The summed E-state index contributed by atoms with van der Waals surface area (Å²) in [5.41, 5.74) is -0.0207. The number of carboxylic acid groups (broad SMARTS) is 1. The van der Waals surface area contributed by atoms with Crippen LogP contribution in [0.5, 0.6) is 11.5 Å². The van der Waals surface area contributed by atoms with Crippen LogP contribution in [-0.2, 0) is 11.3 Å². The highest BCUT2D eigenvalue weighted by molar-refractivity contribution is 7.81. The molecule has 1 heterocycles. The molecule has 29 heavy (non-hydrogen) atoms. The van der Waals surface area contributed by atoms with E-state index < -0.39 is 28.8 Å². The van der Waals surface area contributed by atoms with Crippen molar-refractivity contribution in [2.24, 2.45) is 0 Å². The van der Waals surface area contributed by atoms with Gasteiger partial charge in [-0.1, -0.05) is 23.7 Å². The van der Waals surface area contributed by atoms with Crippen LogP contribution in [-0.4, -0.2) is 32.1 Å². The highest BCUT2D eigenvalue weighted by Gasteiger charge is 2.21. The van der Waals surface area contributed by atoms with Crippen LogP contribution in [0.4, 0.5) is 15.1 Å². The topological polar surface area (TPSA) is 110 Å².